The van der Waals surface area contributed by atoms with Gasteiger partial charge >= 0.3 is 0 Å². The molecule has 0 N–H and O–H groups in total. The second kappa shape index (κ2) is 10.0. The maximum Gasteiger partial charge on any atom is 0.266 e. The highest BCUT2D eigenvalue weighted by atomic mass is 32.2. The molecule has 4 rings (SSSR count). The van der Waals surface area contributed by atoms with E-state index in [-0.39, 0.29) is 5.91 Å². The minimum Gasteiger partial charge on any atom is -0.489 e. The topological polar surface area (TPSA) is 47.4 Å². The van der Waals surface area contributed by atoms with Gasteiger partial charge in [-0.2, -0.15) is 5.10 Å². The minimum atomic E-state index is -0.118. The van der Waals surface area contributed by atoms with Gasteiger partial charge in [0.15, 0.2) is 0 Å². The molecular weight excluding hydrogens is 450 g/mol. The summed E-state index contributed by atoms with van der Waals surface area (Å²) in [6.07, 6.45) is 7.19. The third-order valence-corrected chi connectivity index (χ3v) is 6.42. The van der Waals surface area contributed by atoms with Crippen LogP contribution >= 0.6 is 24.0 Å². The van der Waals surface area contributed by atoms with E-state index in [9.17, 15) is 4.79 Å². The number of para-hydroxylation sites is 1. The molecule has 3 aromatic rings. The smallest absolute Gasteiger partial charge is 0.266 e. The van der Waals surface area contributed by atoms with E-state index in [0.29, 0.717) is 22.4 Å². The molecule has 0 unspecified atom stereocenters. The summed E-state index contributed by atoms with van der Waals surface area (Å²) in [5.74, 6) is 0.681. The lowest BCUT2D eigenvalue weighted by Gasteiger charge is -2.10. The first kappa shape index (κ1) is 22.8. The minimum absolute atomic E-state index is 0.118. The van der Waals surface area contributed by atoms with Gasteiger partial charge in [-0.15, -0.1) is 6.58 Å². The molecule has 1 aromatic heterocycles. The summed E-state index contributed by atoms with van der Waals surface area (Å²) in [4.78, 5) is 15.0. The molecule has 0 radical (unpaired) electrons. The number of benzene rings is 2. The van der Waals surface area contributed by atoms with E-state index in [2.05, 4.69) is 13.2 Å². The second-order valence-electron chi connectivity index (χ2n) is 7.37. The zero-order chi connectivity index (χ0) is 23.4. The first-order valence-electron chi connectivity index (χ1n) is 10.4. The number of carbonyl (C=O) groups excluding carboxylic acids is 1. The molecule has 2 aromatic carbocycles. The van der Waals surface area contributed by atoms with E-state index in [4.69, 9.17) is 22.1 Å². The molecule has 2 heterocycles. The molecule has 7 heteroatoms. The van der Waals surface area contributed by atoms with Crippen LogP contribution in [0.25, 0.3) is 23.0 Å². The molecular formula is C26H23N3O2S2. The quantitative estimate of drug-likeness (QED) is 0.235. The Kier molecular flexibility index (Phi) is 6.91. The lowest BCUT2D eigenvalue weighted by molar-refractivity contribution is -0.121. The van der Waals surface area contributed by atoms with Crippen molar-refractivity contribution in [2.45, 2.75) is 6.92 Å². The molecule has 33 heavy (non-hydrogen) atoms. The standard InChI is InChI=1S/C26H23N3O2S2/c1-4-13-28-25(30)23(33-26(28)32)16-20-17-29(21-9-7-6-8-10-21)27-24(20)19-11-12-22(18(3)15-19)31-14-5-2/h4-12,15-17H,1-2,13-14H2,3H3/b23-16+. The molecule has 166 valence electrons. The molecule has 1 saturated heterocycles. The Labute approximate surface area is 203 Å². The van der Waals surface area contributed by atoms with Gasteiger partial charge in [0.2, 0.25) is 0 Å². The number of carbonyl (C=O) groups is 1. The van der Waals surface area contributed by atoms with Gasteiger partial charge in [-0.05, 0) is 48.9 Å². The van der Waals surface area contributed by atoms with Crippen LogP contribution in [-0.4, -0.2) is 38.1 Å². The molecule has 0 bridgehead atoms. The third-order valence-electron chi connectivity index (χ3n) is 5.04. The normalized spacial score (nSPS) is 14.7. The summed E-state index contributed by atoms with van der Waals surface area (Å²) in [5.41, 5.74) is 4.46. The number of rotatable bonds is 8. The van der Waals surface area contributed by atoms with Crippen molar-refractivity contribution < 1.29 is 9.53 Å². The fraction of sp³-hybridized carbons (Fsp3) is 0.115. The Bertz CT molecular complexity index is 1260. The molecule has 1 amide bonds. The van der Waals surface area contributed by atoms with Crippen molar-refractivity contribution in [3.8, 4) is 22.7 Å². The molecule has 0 atom stereocenters. The largest absolute Gasteiger partial charge is 0.489 e. The van der Waals surface area contributed by atoms with Crippen LogP contribution in [0.1, 0.15) is 11.1 Å². The van der Waals surface area contributed by atoms with E-state index in [1.807, 2.05) is 72.4 Å². The number of amides is 1. The van der Waals surface area contributed by atoms with Crippen LogP contribution in [-0.2, 0) is 4.79 Å². The van der Waals surface area contributed by atoms with Crippen molar-refractivity contribution >= 4 is 40.3 Å². The number of thioether (sulfide) groups is 1. The maximum absolute atomic E-state index is 12.9. The highest BCUT2D eigenvalue weighted by Crippen LogP contribution is 2.35. The Morgan fingerprint density at radius 3 is 2.64 bits per heavy atom. The van der Waals surface area contributed by atoms with Crippen LogP contribution < -0.4 is 4.74 Å². The van der Waals surface area contributed by atoms with Crippen molar-refractivity contribution in [2.24, 2.45) is 0 Å². The monoisotopic (exact) mass is 473 g/mol. The fourth-order valence-corrected chi connectivity index (χ4v) is 4.73. The van der Waals surface area contributed by atoms with E-state index in [0.717, 1.165) is 33.8 Å². The molecule has 1 fully saturated rings. The van der Waals surface area contributed by atoms with Gasteiger partial charge < -0.3 is 4.74 Å². The van der Waals surface area contributed by atoms with Gasteiger partial charge in [0.1, 0.15) is 22.4 Å². The molecule has 0 saturated carbocycles. The summed E-state index contributed by atoms with van der Waals surface area (Å²) in [6.45, 7) is 10.2. The summed E-state index contributed by atoms with van der Waals surface area (Å²) < 4.78 is 8.07. The van der Waals surface area contributed by atoms with E-state index in [1.165, 1.54) is 11.8 Å². The lowest BCUT2D eigenvalue weighted by atomic mass is 10.0. The highest BCUT2D eigenvalue weighted by Gasteiger charge is 2.31. The Hall–Kier alpha value is -3.42. The average molecular weight is 474 g/mol. The van der Waals surface area contributed by atoms with Crippen LogP contribution in [0.4, 0.5) is 0 Å². The van der Waals surface area contributed by atoms with Gasteiger partial charge in [0, 0.05) is 23.9 Å². The molecule has 0 aliphatic carbocycles. The van der Waals surface area contributed by atoms with Crippen molar-refractivity contribution in [3.05, 3.63) is 96.1 Å². The van der Waals surface area contributed by atoms with Gasteiger partial charge in [-0.3, -0.25) is 9.69 Å². The Balaban J connectivity index is 1.78. The van der Waals surface area contributed by atoms with Crippen LogP contribution in [0.5, 0.6) is 5.75 Å². The summed E-state index contributed by atoms with van der Waals surface area (Å²) in [5, 5.41) is 4.86. The maximum atomic E-state index is 12.9. The number of aromatic nitrogens is 2. The number of aryl methyl sites for hydroxylation is 1. The SMILES string of the molecule is C=CCOc1ccc(-c2nn(-c3ccccc3)cc2/C=C2/SC(=S)N(CC=C)C2=O)cc1C. The average Bonchev–Trinajstić information content (AvgIpc) is 3.36. The summed E-state index contributed by atoms with van der Waals surface area (Å²) in [6, 6.07) is 15.8. The van der Waals surface area contributed by atoms with E-state index in [1.54, 1.807) is 17.1 Å². The predicted octanol–water partition coefficient (Wildman–Crippen LogP) is 5.80. The summed E-state index contributed by atoms with van der Waals surface area (Å²) >= 11 is 6.68. The number of ether oxygens (including phenoxy) is 1. The predicted molar refractivity (Wildman–Crippen MR) is 140 cm³/mol. The van der Waals surface area contributed by atoms with Crippen LogP contribution in [0.3, 0.4) is 0 Å². The first-order chi connectivity index (χ1) is 16.0. The number of thiocarbonyl (C=S) groups is 1. The third kappa shape index (κ3) is 4.84. The van der Waals surface area contributed by atoms with Crippen molar-refractivity contribution in [1.82, 2.24) is 14.7 Å². The van der Waals surface area contributed by atoms with E-state index < -0.39 is 0 Å². The second-order valence-corrected chi connectivity index (χ2v) is 9.05. The highest BCUT2D eigenvalue weighted by molar-refractivity contribution is 8.26. The molecule has 1 aliphatic heterocycles. The number of hydrogen-bond donors (Lipinski definition) is 0. The first-order valence-corrected chi connectivity index (χ1v) is 11.6. The van der Waals surface area contributed by atoms with Crippen molar-refractivity contribution in [1.29, 1.82) is 0 Å². The van der Waals surface area contributed by atoms with Gasteiger partial charge in [-0.1, -0.05) is 60.9 Å². The molecule has 1 aliphatic rings. The summed E-state index contributed by atoms with van der Waals surface area (Å²) in [7, 11) is 0. The van der Waals surface area contributed by atoms with Gasteiger partial charge in [0.05, 0.1) is 10.6 Å². The van der Waals surface area contributed by atoms with Gasteiger partial charge in [0.25, 0.3) is 5.91 Å². The lowest BCUT2D eigenvalue weighted by Crippen LogP contribution is -2.27. The number of hydrogen-bond acceptors (Lipinski definition) is 5. The zero-order valence-electron chi connectivity index (χ0n) is 18.2. The zero-order valence-corrected chi connectivity index (χ0v) is 19.9. The van der Waals surface area contributed by atoms with Crippen LogP contribution in [0.2, 0.25) is 0 Å². The van der Waals surface area contributed by atoms with Crippen molar-refractivity contribution in [3.63, 3.8) is 0 Å². The van der Waals surface area contributed by atoms with Gasteiger partial charge in [-0.25, -0.2) is 4.68 Å². The molecule has 5 nitrogen and oxygen atoms in total. The fourth-order valence-electron chi connectivity index (χ4n) is 3.47. The van der Waals surface area contributed by atoms with Crippen LogP contribution in [0, 0.1) is 6.92 Å². The Morgan fingerprint density at radius 1 is 1.15 bits per heavy atom. The Morgan fingerprint density at radius 2 is 1.94 bits per heavy atom. The van der Waals surface area contributed by atoms with E-state index >= 15 is 0 Å². The molecule has 0 spiro atoms. The van der Waals surface area contributed by atoms with Crippen LogP contribution in [0.15, 0.2) is 84.9 Å². The number of nitrogens with zero attached hydrogens (tertiary/aromatic N) is 3. The van der Waals surface area contributed by atoms with Crippen molar-refractivity contribution in [2.75, 3.05) is 13.2 Å².